The summed E-state index contributed by atoms with van der Waals surface area (Å²) in [5, 5.41) is 11.7. The maximum Gasteiger partial charge on any atom is 0.355 e. The fourth-order valence-corrected chi connectivity index (χ4v) is 2.42. The molecule has 0 aliphatic rings. The van der Waals surface area contributed by atoms with Gasteiger partial charge in [0.1, 0.15) is 17.4 Å². The van der Waals surface area contributed by atoms with E-state index in [1.54, 1.807) is 18.2 Å². The zero-order valence-corrected chi connectivity index (χ0v) is 11.2. The summed E-state index contributed by atoms with van der Waals surface area (Å²) in [6, 6.07) is 4.85. The van der Waals surface area contributed by atoms with Gasteiger partial charge in [-0.2, -0.15) is 0 Å². The van der Waals surface area contributed by atoms with Crippen molar-refractivity contribution in [1.29, 1.82) is 0 Å². The summed E-state index contributed by atoms with van der Waals surface area (Å²) in [6.45, 7) is 0.175. The van der Waals surface area contributed by atoms with Crippen LogP contribution in [0.25, 0.3) is 0 Å². The Labute approximate surface area is 117 Å². The highest BCUT2D eigenvalue weighted by Crippen LogP contribution is 2.25. The molecule has 0 saturated carbocycles. The van der Waals surface area contributed by atoms with Gasteiger partial charge in [0.15, 0.2) is 5.69 Å². The van der Waals surface area contributed by atoms with Gasteiger partial charge in [-0.3, -0.25) is 0 Å². The number of hydrogen-bond acceptors (Lipinski definition) is 4. The Balaban J connectivity index is 2.04. The van der Waals surface area contributed by atoms with Gasteiger partial charge in [-0.25, -0.2) is 9.78 Å². The van der Waals surface area contributed by atoms with Gasteiger partial charge in [0.2, 0.25) is 0 Å². The van der Waals surface area contributed by atoms with Crippen LogP contribution in [0.4, 0.5) is 0 Å². The van der Waals surface area contributed by atoms with Crippen molar-refractivity contribution in [2.45, 2.75) is 6.61 Å². The number of benzene rings is 1. The number of thiazole rings is 1. The van der Waals surface area contributed by atoms with E-state index in [2.05, 4.69) is 4.98 Å². The number of nitrogens with zero attached hydrogens (tertiary/aromatic N) is 1. The molecule has 0 aliphatic carbocycles. The molecule has 7 heteroatoms. The average molecular weight is 304 g/mol. The van der Waals surface area contributed by atoms with E-state index in [1.165, 1.54) is 16.7 Å². The fourth-order valence-electron chi connectivity index (χ4n) is 1.23. The smallest absolute Gasteiger partial charge is 0.355 e. The number of hydrogen-bond donors (Lipinski definition) is 1. The molecule has 18 heavy (non-hydrogen) atoms. The number of ether oxygens (including phenoxy) is 1. The van der Waals surface area contributed by atoms with Gasteiger partial charge in [0.05, 0.1) is 0 Å². The Kier molecular flexibility index (Phi) is 4.06. The van der Waals surface area contributed by atoms with E-state index in [4.69, 9.17) is 33.0 Å². The number of carboxylic acid groups (broad SMARTS) is 1. The van der Waals surface area contributed by atoms with Crippen molar-refractivity contribution in [3.63, 3.8) is 0 Å². The normalized spacial score (nSPS) is 10.3. The molecule has 1 aromatic carbocycles. The monoisotopic (exact) mass is 303 g/mol. The Hall–Kier alpha value is -1.30. The van der Waals surface area contributed by atoms with Crippen molar-refractivity contribution in [1.82, 2.24) is 4.98 Å². The van der Waals surface area contributed by atoms with E-state index in [1.807, 2.05) is 0 Å². The lowest BCUT2D eigenvalue weighted by Crippen LogP contribution is -1.99. The molecule has 1 heterocycles. The van der Waals surface area contributed by atoms with E-state index < -0.39 is 5.97 Å². The standard InChI is InChI=1S/C11H7Cl2NO3S/c12-6-1-7(13)3-8(2-6)17-4-10-14-9(5-18-10)11(15)16/h1-3,5H,4H2,(H,15,16). The highest BCUT2D eigenvalue weighted by molar-refractivity contribution is 7.09. The largest absolute Gasteiger partial charge is 0.486 e. The van der Waals surface area contributed by atoms with Gasteiger partial charge in [-0.1, -0.05) is 23.2 Å². The second kappa shape index (κ2) is 5.56. The lowest BCUT2D eigenvalue weighted by atomic mass is 10.3. The molecular weight excluding hydrogens is 297 g/mol. The lowest BCUT2D eigenvalue weighted by Gasteiger charge is -2.04. The summed E-state index contributed by atoms with van der Waals surface area (Å²) in [4.78, 5) is 14.5. The molecule has 2 rings (SSSR count). The van der Waals surface area contributed by atoms with Gasteiger partial charge >= 0.3 is 5.97 Å². The summed E-state index contributed by atoms with van der Waals surface area (Å²) < 4.78 is 5.43. The summed E-state index contributed by atoms with van der Waals surface area (Å²) >= 11 is 12.9. The molecule has 0 amide bonds. The number of rotatable bonds is 4. The molecule has 0 bridgehead atoms. The predicted molar refractivity (Wildman–Crippen MR) is 69.9 cm³/mol. The molecular formula is C11H7Cl2NO3S. The summed E-state index contributed by atoms with van der Waals surface area (Å²) in [5.74, 6) is -0.539. The minimum atomic E-state index is -1.05. The van der Waals surface area contributed by atoms with Crippen molar-refractivity contribution >= 4 is 40.5 Å². The van der Waals surface area contributed by atoms with E-state index in [0.29, 0.717) is 20.8 Å². The Morgan fingerprint density at radius 1 is 1.33 bits per heavy atom. The number of aromatic nitrogens is 1. The van der Waals surface area contributed by atoms with E-state index in [0.717, 1.165) is 0 Å². The number of carbonyl (C=O) groups is 1. The highest BCUT2D eigenvalue weighted by Gasteiger charge is 2.09. The van der Waals surface area contributed by atoms with Crippen LogP contribution >= 0.6 is 34.5 Å². The maximum absolute atomic E-state index is 10.6. The molecule has 0 radical (unpaired) electrons. The third-order valence-electron chi connectivity index (χ3n) is 1.97. The Morgan fingerprint density at radius 2 is 2.00 bits per heavy atom. The molecule has 0 atom stereocenters. The zero-order valence-electron chi connectivity index (χ0n) is 8.89. The van der Waals surface area contributed by atoms with Crippen LogP contribution < -0.4 is 4.74 Å². The number of halogens is 2. The lowest BCUT2D eigenvalue weighted by molar-refractivity contribution is 0.0691. The van der Waals surface area contributed by atoms with Crippen molar-refractivity contribution in [3.8, 4) is 5.75 Å². The molecule has 0 unspecified atom stereocenters. The second-order valence-electron chi connectivity index (χ2n) is 3.33. The van der Waals surface area contributed by atoms with Crippen LogP contribution in [0.5, 0.6) is 5.75 Å². The Morgan fingerprint density at radius 3 is 2.56 bits per heavy atom. The quantitative estimate of drug-likeness (QED) is 0.935. The molecule has 1 aromatic heterocycles. The van der Waals surface area contributed by atoms with Gasteiger partial charge < -0.3 is 9.84 Å². The minimum absolute atomic E-state index is 0.0164. The summed E-state index contributed by atoms with van der Waals surface area (Å²) in [7, 11) is 0. The van der Waals surface area contributed by atoms with Crippen molar-refractivity contribution < 1.29 is 14.6 Å². The third-order valence-corrected chi connectivity index (χ3v) is 3.23. The molecule has 0 fully saturated rings. The molecule has 0 saturated heterocycles. The van der Waals surface area contributed by atoms with Crippen LogP contribution in [0.1, 0.15) is 15.5 Å². The second-order valence-corrected chi connectivity index (χ2v) is 5.14. The first-order chi connectivity index (χ1) is 8.54. The van der Waals surface area contributed by atoms with Crippen LogP contribution in [0.15, 0.2) is 23.6 Å². The summed E-state index contributed by atoms with van der Waals surface area (Å²) in [6.07, 6.45) is 0. The van der Waals surface area contributed by atoms with Gasteiger partial charge in [0, 0.05) is 15.4 Å². The SMILES string of the molecule is O=C(O)c1csc(COc2cc(Cl)cc(Cl)c2)n1. The molecule has 94 valence electrons. The number of carboxylic acids is 1. The van der Waals surface area contributed by atoms with E-state index in [-0.39, 0.29) is 12.3 Å². The van der Waals surface area contributed by atoms with Gasteiger partial charge in [0.25, 0.3) is 0 Å². The first-order valence-electron chi connectivity index (χ1n) is 4.81. The predicted octanol–water partition coefficient (Wildman–Crippen LogP) is 3.73. The van der Waals surface area contributed by atoms with Crippen molar-refractivity contribution in [3.05, 3.63) is 44.3 Å². The van der Waals surface area contributed by atoms with Crippen LogP contribution in [0.3, 0.4) is 0 Å². The topological polar surface area (TPSA) is 59.4 Å². The van der Waals surface area contributed by atoms with Crippen LogP contribution in [0.2, 0.25) is 10.0 Å². The van der Waals surface area contributed by atoms with Crippen LogP contribution in [0, 0.1) is 0 Å². The zero-order chi connectivity index (χ0) is 13.1. The first-order valence-corrected chi connectivity index (χ1v) is 6.45. The minimum Gasteiger partial charge on any atom is -0.486 e. The molecule has 4 nitrogen and oxygen atoms in total. The van der Waals surface area contributed by atoms with Crippen molar-refractivity contribution in [2.24, 2.45) is 0 Å². The average Bonchev–Trinajstić information content (AvgIpc) is 2.73. The fraction of sp³-hybridized carbons (Fsp3) is 0.0909. The molecule has 1 N–H and O–H groups in total. The van der Waals surface area contributed by atoms with Crippen LogP contribution in [-0.4, -0.2) is 16.1 Å². The molecule has 0 spiro atoms. The van der Waals surface area contributed by atoms with Gasteiger partial charge in [-0.05, 0) is 18.2 Å². The van der Waals surface area contributed by atoms with Crippen molar-refractivity contribution in [2.75, 3.05) is 0 Å². The third kappa shape index (κ3) is 3.35. The number of aromatic carboxylic acids is 1. The van der Waals surface area contributed by atoms with E-state index >= 15 is 0 Å². The Bertz CT molecular complexity index is 565. The van der Waals surface area contributed by atoms with Crippen LogP contribution in [-0.2, 0) is 6.61 Å². The highest BCUT2D eigenvalue weighted by atomic mass is 35.5. The molecule has 0 aliphatic heterocycles. The molecule has 2 aromatic rings. The summed E-state index contributed by atoms with van der Waals surface area (Å²) in [5.41, 5.74) is 0.0164. The van der Waals surface area contributed by atoms with Gasteiger partial charge in [-0.15, -0.1) is 11.3 Å². The maximum atomic E-state index is 10.6. The van der Waals surface area contributed by atoms with E-state index in [9.17, 15) is 4.79 Å². The first kappa shape index (κ1) is 13.1.